The zero-order chi connectivity index (χ0) is 19.4. The van der Waals surface area contributed by atoms with Gasteiger partial charge in [-0.2, -0.15) is 0 Å². The zero-order valence-electron chi connectivity index (χ0n) is 14.9. The summed E-state index contributed by atoms with van der Waals surface area (Å²) in [6.45, 7) is 4.33. The molecule has 1 aromatic heterocycles. The van der Waals surface area contributed by atoms with Crippen LogP contribution in [-0.2, 0) is 0 Å². The van der Waals surface area contributed by atoms with Crippen molar-refractivity contribution in [2.75, 3.05) is 16.8 Å². The number of anilines is 4. The largest absolute Gasteiger partial charge is 0.354 e. The Morgan fingerprint density at radius 1 is 1.19 bits per heavy atom. The van der Waals surface area contributed by atoms with Gasteiger partial charge < -0.3 is 10.2 Å². The first-order valence-corrected chi connectivity index (χ1v) is 8.35. The lowest BCUT2D eigenvalue weighted by Crippen LogP contribution is -2.19. The number of nitrogens with zero attached hydrogens (tertiary/aromatic N) is 4. The van der Waals surface area contributed by atoms with Crippen molar-refractivity contribution in [1.29, 1.82) is 0 Å². The fourth-order valence-electron chi connectivity index (χ4n) is 2.75. The smallest absolute Gasteiger partial charge is 0.334 e. The van der Waals surface area contributed by atoms with Crippen LogP contribution in [0, 0.1) is 22.9 Å². The van der Waals surface area contributed by atoms with E-state index in [1.165, 1.54) is 30.6 Å². The molecule has 8 heteroatoms. The molecule has 3 rings (SSSR count). The van der Waals surface area contributed by atoms with Crippen LogP contribution in [0.3, 0.4) is 0 Å². The first-order chi connectivity index (χ1) is 13.0. The number of rotatable bonds is 6. The summed E-state index contributed by atoms with van der Waals surface area (Å²) in [5.74, 6) is -0.162. The van der Waals surface area contributed by atoms with Gasteiger partial charge in [-0.05, 0) is 55.8 Å². The van der Waals surface area contributed by atoms with E-state index in [-0.39, 0.29) is 17.3 Å². The number of aromatic nitrogens is 2. The Labute approximate surface area is 155 Å². The second-order valence-corrected chi connectivity index (χ2v) is 5.87. The summed E-state index contributed by atoms with van der Waals surface area (Å²) in [5.41, 5.74) is 2.08. The van der Waals surface area contributed by atoms with Crippen molar-refractivity contribution in [3.05, 3.63) is 76.4 Å². The van der Waals surface area contributed by atoms with Crippen molar-refractivity contribution in [2.45, 2.75) is 13.8 Å². The van der Waals surface area contributed by atoms with E-state index in [2.05, 4.69) is 15.3 Å². The van der Waals surface area contributed by atoms with Crippen LogP contribution in [0.15, 0.2) is 54.9 Å². The summed E-state index contributed by atoms with van der Waals surface area (Å²) in [7, 11) is 0. The molecule has 0 amide bonds. The second-order valence-electron chi connectivity index (χ2n) is 5.87. The number of benzene rings is 2. The lowest BCUT2D eigenvalue weighted by atomic mass is 10.2. The minimum atomic E-state index is -0.514. The van der Waals surface area contributed by atoms with Crippen LogP contribution >= 0.6 is 0 Å². The SMILES string of the molecule is CCN(c1cccc(C)c1)c1ncnc(Nc2ccc(F)cc2)c1[N+](=O)[O-]. The number of nitro groups is 1. The normalized spacial score (nSPS) is 10.5. The first kappa shape index (κ1) is 18.2. The van der Waals surface area contributed by atoms with Gasteiger partial charge in [-0.15, -0.1) is 0 Å². The summed E-state index contributed by atoms with van der Waals surface area (Å²) < 4.78 is 13.1. The Morgan fingerprint density at radius 3 is 2.56 bits per heavy atom. The molecule has 1 heterocycles. The number of hydrogen-bond acceptors (Lipinski definition) is 6. The quantitative estimate of drug-likeness (QED) is 0.501. The first-order valence-electron chi connectivity index (χ1n) is 8.35. The van der Waals surface area contributed by atoms with E-state index in [9.17, 15) is 14.5 Å². The maximum absolute atomic E-state index is 13.1. The van der Waals surface area contributed by atoms with Crippen molar-refractivity contribution >= 4 is 28.7 Å². The molecule has 0 saturated carbocycles. The van der Waals surface area contributed by atoms with Gasteiger partial charge in [-0.25, -0.2) is 14.4 Å². The Kier molecular flexibility index (Phi) is 5.25. The summed E-state index contributed by atoms with van der Waals surface area (Å²) in [6.07, 6.45) is 1.27. The highest BCUT2D eigenvalue weighted by Crippen LogP contribution is 2.37. The van der Waals surface area contributed by atoms with Crippen LogP contribution in [0.25, 0.3) is 0 Å². The molecule has 0 atom stereocenters. The highest BCUT2D eigenvalue weighted by atomic mass is 19.1. The van der Waals surface area contributed by atoms with Gasteiger partial charge in [0.15, 0.2) is 0 Å². The lowest BCUT2D eigenvalue weighted by Gasteiger charge is -2.22. The fourth-order valence-corrected chi connectivity index (χ4v) is 2.75. The standard InChI is InChI=1S/C19H18FN5O2/c1-3-24(16-6-4-5-13(2)11-16)19-17(25(26)27)18(21-12-22-19)23-15-9-7-14(20)8-10-15/h4-12H,3H2,1-2H3,(H,21,22,23). The van der Waals surface area contributed by atoms with Crippen LogP contribution in [-0.4, -0.2) is 21.4 Å². The van der Waals surface area contributed by atoms with Gasteiger partial charge in [0.1, 0.15) is 12.1 Å². The third-order valence-corrected chi connectivity index (χ3v) is 3.98. The number of nitrogens with one attached hydrogen (secondary N) is 1. The van der Waals surface area contributed by atoms with Crippen molar-refractivity contribution in [3.63, 3.8) is 0 Å². The number of hydrogen-bond donors (Lipinski definition) is 1. The molecule has 2 aromatic carbocycles. The van der Waals surface area contributed by atoms with Gasteiger partial charge in [0, 0.05) is 17.9 Å². The molecule has 0 bridgehead atoms. The molecule has 0 fully saturated rings. The van der Waals surface area contributed by atoms with Gasteiger partial charge in [0.2, 0.25) is 11.6 Å². The van der Waals surface area contributed by atoms with Gasteiger partial charge in [0.05, 0.1) is 4.92 Å². The van der Waals surface area contributed by atoms with Crippen molar-refractivity contribution in [1.82, 2.24) is 9.97 Å². The van der Waals surface area contributed by atoms with E-state index in [1.54, 1.807) is 4.90 Å². The van der Waals surface area contributed by atoms with E-state index in [4.69, 9.17) is 0 Å². The Bertz CT molecular complexity index is 963. The Hall–Kier alpha value is -3.55. The third-order valence-electron chi connectivity index (χ3n) is 3.98. The maximum Gasteiger partial charge on any atom is 0.354 e. The van der Waals surface area contributed by atoms with Crippen molar-refractivity contribution in [3.8, 4) is 0 Å². The van der Waals surface area contributed by atoms with E-state index < -0.39 is 10.7 Å². The molecule has 27 heavy (non-hydrogen) atoms. The fraction of sp³-hybridized carbons (Fsp3) is 0.158. The van der Waals surface area contributed by atoms with E-state index in [1.807, 2.05) is 38.1 Å². The van der Waals surface area contributed by atoms with Crippen LogP contribution in [0.2, 0.25) is 0 Å². The molecule has 7 nitrogen and oxygen atoms in total. The Morgan fingerprint density at radius 2 is 1.93 bits per heavy atom. The molecule has 0 aliphatic rings. The molecule has 0 aliphatic carbocycles. The van der Waals surface area contributed by atoms with Crippen LogP contribution in [0.5, 0.6) is 0 Å². The second kappa shape index (κ2) is 7.77. The third kappa shape index (κ3) is 4.00. The molecule has 0 spiro atoms. The molecule has 0 aliphatic heterocycles. The minimum absolute atomic E-state index is 0.0442. The van der Waals surface area contributed by atoms with E-state index >= 15 is 0 Å². The van der Waals surface area contributed by atoms with Crippen molar-refractivity contribution < 1.29 is 9.31 Å². The maximum atomic E-state index is 13.1. The van der Waals surface area contributed by atoms with Crippen LogP contribution < -0.4 is 10.2 Å². The topological polar surface area (TPSA) is 84.2 Å². The summed E-state index contributed by atoms with van der Waals surface area (Å²) in [4.78, 5) is 21.2. The number of halogens is 1. The van der Waals surface area contributed by atoms with Gasteiger partial charge >= 0.3 is 5.69 Å². The predicted octanol–water partition coefficient (Wildman–Crippen LogP) is 4.73. The highest BCUT2D eigenvalue weighted by molar-refractivity contribution is 5.78. The summed E-state index contributed by atoms with van der Waals surface area (Å²) in [5, 5.41) is 14.7. The van der Waals surface area contributed by atoms with Crippen LogP contribution in [0.4, 0.5) is 33.1 Å². The zero-order valence-corrected chi connectivity index (χ0v) is 14.9. The van der Waals surface area contributed by atoms with Gasteiger partial charge in [-0.3, -0.25) is 10.1 Å². The Balaban J connectivity index is 2.07. The molecule has 0 radical (unpaired) electrons. The molecule has 1 N–H and O–H groups in total. The van der Waals surface area contributed by atoms with Gasteiger partial charge in [-0.1, -0.05) is 12.1 Å². The summed E-state index contributed by atoms with van der Waals surface area (Å²) in [6, 6.07) is 13.1. The van der Waals surface area contributed by atoms with Crippen LogP contribution in [0.1, 0.15) is 12.5 Å². The average molecular weight is 367 g/mol. The predicted molar refractivity (Wildman–Crippen MR) is 102 cm³/mol. The van der Waals surface area contributed by atoms with E-state index in [0.29, 0.717) is 12.2 Å². The molecule has 3 aromatic rings. The van der Waals surface area contributed by atoms with Gasteiger partial charge in [0.25, 0.3) is 0 Å². The van der Waals surface area contributed by atoms with Crippen molar-refractivity contribution in [2.24, 2.45) is 0 Å². The number of aryl methyl sites for hydroxylation is 1. The molecule has 0 saturated heterocycles. The molecule has 0 unspecified atom stereocenters. The lowest BCUT2D eigenvalue weighted by molar-refractivity contribution is -0.383. The highest BCUT2D eigenvalue weighted by Gasteiger charge is 2.27. The monoisotopic (exact) mass is 367 g/mol. The molecule has 138 valence electrons. The summed E-state index contributed by atoms with van der Waals surface area (Å²) >= 11 is 0. The average Bonchev–Trinajstić information content (AvgIpc) is 2.64. The molecular weight excluding hydrogens is 349 g/mol. The minimum Gasteiger partial charge on any atom is -0.334 e. The van der Waals surface area contributed by atoms with E-state index in [0.717, 1.165) is 11.3 Å². The molecular formula is C19H18FN5O2.